The first-order chi connectivity index (χ1) is 28.0. The van der Waals surface area contributed by atoms with Crippen LogP contribution in [0, 0.1) is 6.92 Å². The van der Waals surface area contributed by atoms with Crippen molar-refractivity contribution in [1.82, 2.24) is 21.3 Å². The number of rotatable bonds is 8. The summed E-state index contributed by atoms with van der Waals surface area (Å²) in [6.07, 6.45) is -0.259. The number of amides is 5. The number of carboxylic acids is 1. The summed E-state index contributed by atoms with van der Waals surface area (Å²) in [6, 6.07) is 29.9. The molecule has 0 spiro atoms. The number of hydrogen-bond acceptors (Lipinski definition) is 7. The fourth-order valence-corrected chi connectivity index (χ4v) is 7.46. The van der Waals surface area contributed by atoms with Gasteiger partial charge in [-0.25, -0.2) is 4.79 Å². The first-order valence-corrected chi connectivity index (χ1v) is 19.9. The van der Waals surface area contributed by atoms with Gasteiger partial charge < -0.3 is 31.7 Å². The van der Waals surface area contributed by atoms with Crippen LogP contribution >= 0.6 is 11.3 Å². The van der Waals surface area contributed by atoms with Crippen LogP contribution in [-0.4, -0.2) is 64.8 Å². The number of carbonyl (C=O) groups excluding carboxylic acids is 5. The Hall–Kier alpha value is -6.60. The van der Waals surface area contributed by atoms with E-state index in [1.807, 2.05) is 103 Å². The molecule has 7 rings (SSSR count). The van der Waals surface area contributed by atoms with Gasteiger partial charge in [0.15, 0.2) is 0 Å². The average Bonchev–Trinajstić information content (AvgIpc) is 3.74. The molecule has 0 unspecified atom stereocenters. The molecule has 4 aromatic carbocycles. The van der Waals surface area contributed by atoms with E-state index in [4.69, 9.17) is 0 Å². The Kier molecular flexibility index (Phi) is 13.8. The molecule has 2 aliphatic rings. The molecule has 58 heavy (non-hydrogen) atoms. The molecule has 3 heterocycles. The predicted molar refractivity (Wildman–Crippen MR) is 222 cm³/mol. The number of hydrogen-bond donors (Lipinski definition) is 6. The van der Waals surface area contributed by atoms with Crippen LogP contribution in [-0.2, 0) is 54.5 Å². The molecule has 0 saturated heterocycles. The lowest BCUT2D eigenvalue weighted by Gasteiger charge is -2.26. The van der Waals surface area contributed by atoms with E-state index in [-0.39, 0.29) is 38.5 Å². The molecule has 2 bridgehead atoms. The van der Waals surface area contributed by atoms with E-state index < -0.39 is 59.7 Å². The molecule has 0 aliphatic carbocycles. The van der Waals surface area contributed by atoms with Crippen molar-refractivity contribution in [2.45, 2.75) is 69.6 Å². The van der Waals surface area contributed by atoms with E-state index in [9.17, 15) is 33.9 Å². The lowest BCUT2D eigenvalue weighted by atomic mass is 9.98. The number of anilines is 1. The Balaban J connectivity index is 1.35. The van der Waals surface area contributed by atoms with E-state index in [1.54, 1.807) is 24.3 Å². The lowest BCUT2D eigenvalue weighted by molar-refractivity contribution is -0.142. The van der Waals surface area contributed by atoms with E-state index in [2.05, 4.69) is 26.6 Å². The predicted octanol–water partition coefficient (Wildman–Crippen LogP) is 4.75. The molecule has 4 atom stereocenters. The number of nitrogens with one attached hydrogen (secondary N) is 5. The maximum atomic E-state index is 14.5. The Bertz CT molecular complexity index is 2230. The molecular formula is C45H45N5O7S. The van der Waals surface area contributed by atoms with Crippen molar-refractivity contribution in [1.29, 1.82) is 0 Å². The molecule has 0 radical (unpaired) electrons. The van der Waals surface area contributed by atoms with E-state index in [0.29, 0.717) is 16.8 Å². The largest absolute Gasteiger partial charge is 0.480 e. The Morgan fingerprint density at radius 2 is 1.22 bits per heavy atom. The summed E-state index contributed by atoms with van der Waals surface area (Å²) in [5, 5.41) is 25.9. The molecule has 1 aromatic heterocycles. The summed E-state index contributed by atoms with van der Waals surface area (Å²) in [4.78, 5) is 82.1. The zero-order valence-corrected chi connectivity index (χ0v) is 32.7. The molecule has 5 aromatic rings. The van der Waals surface area contributed by atoms with Gasteiger partial charge in [0.1, 0.15) is 24.2 Å². The molecule has 12 nitrogen and oxygen atoms in total. The van der Waals surface area contributed by atoms with Crippen LogP contribution in [0.15, 0.2) is 121 Å². The highest BCUT2D eigenvalue weighted by Crippen LogP contribution is 2.21. The lowest BCUT2D eigenvalue weighted by Crippen LogP contribution is -2.59. The summed E-state index contributed by atoms with van der Waals surface area (Å²) in [7, 11) is 0. The van der Waals surface area contributed by atoms with Gasteiger partial charge in [0.05, 0.1) is 0 Å². The Morgan fingerprint density at radius 1 is 0.621 bits per heavy atom. The summed E-state index contributed by atoms with van der Waals surface area (Å²) in [5.74, 6) is -4.27. The highest BCUT2D eigenvalue weighted by Gasteiger charge is 2.32. The normalized spacial score (nSPS) is 19.8. The number of aliphatic carboxylic acids is 1. The van der Waals surface area contributed by atoms with Gasteiger partial charge >= 0.3 is 5.97 Å². The van der Waals surface area contributed by atoms with Crippen LogP contribution in [0.5, 0.6) is 0 Å². The standard InChI is InChI=1S/C45H45N5O7S/c1-28-8-5-6-11-33(28)26-37-43(54)50-39(45(56)57)25-30-15-19-34(20-16-30)46-40(51)21-22-41(52)47-38(27-35-12-7-23-58-35)44(55)48-36(42(53)49-37)24-29-13-17-32(18-14-29)31-9-3-2-4-10-31/h2-20,23,36-39H,21-22,24-27H2,1H3,(H,46,51)(H,47,52)(H,48,55)(H,49,53)(H,50,54)(H,56,57)/t36-,37+,38+,39+/m0/s1. The summed E-state index contributed by atoms with van der Waals surface area (Å²) in [5.41, 5.74) is 5.31. The van der Waals surface area contributed by atoms with Gasteiger partial charge in [0.2, 0.25) is 29.5 Å². The van der Waals surface area contributed by atoms with Crippen LogP contribution in [0.4, 0.5) is 5.69 Å². The highest BCUT2D eigenvalue weighted by molar-refractivity contribution is 7.09. The second-order valence-corrected chi connectivity index (χ2v) is 15.3. The molecule has 0 fully saturated rings. The SMILES string of the molecule is Cc1ccccc1C[C@H]1NC(=O)[C@H](Cc2ccc(-c3ccccc3)cc2)NC(=O)[C@@H](Cc2cccs2)NC(=O)CCC(=O)Nc2ccc(cc2)C[C@H](C(=O)O)NC1=O. The molecule has 13 heteroatoms. The maximum absolute atomic E-state index is 14.5. The quantitative estimate of drug-likeness (QED) is 0.123. The summed E-state index contributed by atoms with van der Waals surface area (Å²) in [6.45, 7) is 1.87. The third kappa shape index (κ3) is 11.5. The third-order valence-electron chi connectivity index (χ3n) is 9.96. The number of carboxylic acid groups (broad SMARTS) is 1. The molecular weight excluding hydrogens is 755 g/mol. The van der Waals surface area contributed by atoms with Crippen molar-refractivity contribution in [2.24, 2.45) is 0 Å². The third-order valence-corrected chi connectivity index (χ3v) is 10.9. The van der Waals surface area contributed by atoms with E-state index in [0.717, 1.165) is 27.1 Å². The topological polar surface area (TPSA) is 183 Å². The van der Waals surface area contributed by atoms with Gasteiger partial charge in [-0.2, -0.15) is 0 Å². The number of carbonyl (C=O) groups is 6. The second kappa shape index (κ2) is 19.5. The minimum atomic E-state index is -1.35. The zero-order chi connectivity index (χ0) is 41.0. The summed E-state index contributed by atoms with van der Waals surface area (Å²) < 4.78 is 0. The molecule has 0 saturated carbocycles. The van der Waals surface area contributed by atoms with Crippen molar-refractivity contribution in [3.63, 3.8) is 0 Å². The van der Waals surface area contributed by atoms with Crippen molar-refractivity contribution in [3.05, 3.63) is 148 Å². The van der Waals surface area contributed by atoms with Gasteiger partial charge in [0, 0.05) is 49.1 Å². The van der Waals surface area contributed by atoms with Gasteiger partial charge in [-0.1, -0.05) is 97.1 Å². The minimum Gasteiger partial charge on any atom is -0.480 e. The smallest absolute Gasteiger partial charge is 0.326 e. The Morgan fingerprint density at radius 3 is 1.88 bits per heavy atom. The number of thiophene rings is 1. The first-order valence-electron chi connectivity index (χ1n) is 19.0. The van der Waals surface area contributed by atoms with Crippen molar-refractivity contribution in [2.75, 3.05) is 5.32 Å². The molecule has 298 valence electrons. The number of benzene rings is 4. The summed E-state index contributed by atoms with van der Waals surface area (Å²) >= 11 is 1.41. The number of fused-ring (bicyclic) bond motifs is 18. The van der Waals surface area contributed by atoms with Crippen LogP contribution in [0.25, 0.3) is 11.1 Å². The molecule has 2 aliphatic heterocycles. The maximum Gasteiger partial charge on any atom is 0.326 e. The fraction of sp³-hybridized carbons (Fsp3) is 0.244. The van der Waals surface area contributed by atoms with Gasteiger partial charge in [-0.05, 0) is 63.9 Å². The molecule has 6 N–H and O–H groups in total. The number of aryl methyl sites for hydroxylation is 1. The average molecular weight is 800 g/mol. The van der Waals surface area contributed by atoms with Crippen molar-refractivity contribution < 1.29 is 33.9 Å². The Labute approximate surface area is 340 Å². The van der Waals surface area contributed by atoms with E-state index >= 15 is 0 Å². The van der Waals surface area contributed by atoms with Crippen LogP contribution in [0.2, 0.25) is 0 Å². The zero-order valence-electron chi connectivity index (χ0n) is 31.9. The monoisotopic (exact) mass is 799 g/mol. The van der Waals surface area contributed by atoms with Gasteiger partial charge in [0.25, 0.3) is 0 Å². The minimum absolute atomic E-state index is 0.0265. The van der Waals surface area contributed by atoms with Crippen molar-refractivity contribution in [3.8, 4) is 11.1 Å². The van der Waals surface area contributed by atoms with Crippen LogP contribution in [0.1, 0.15) is 40.0 Å². The van der Waals surface area contributed by atoms with Gasteiger partial charge in [-0.15, -0.1) is 11.3 Å². The molecule has 5 amide bonds. The van der Waals surface area contributed by atoms with E-state index in [1.165, 1.54) is 11.3 Å². The fourth-order valence-electron chi connectivity index (χ4n) is 6.71. The second-order valence-electron chi connectivity index (χ2n) is 14.3. The van der Waals surface area contributed by atoms with Crippen LogP contribution in [0.3, 0.4) is 0 Å². The van der Waals surface area contributed by atoms with Crippen molar-refractivity contribution >= 4 is 52.5 Å². The van der Waals surface area contributed by atoms with Crippen LogP contribution < -0.4 is 26.6 Å². The first kappa shape index (κ1) is 41.0. The highest BCUT2D eigenvalue weighted by atomic mass is 32.1. The van der Waals surface area contributed by atoms with Gasteiger partial charge in [-0.3, -0.25) is 24.0 Å².